The highest BCUT2D eigenvalue weighted by Crippen LogP contribution is 2.07. The van der Waals surface area contributed by atoms with Crippen LogP contribution in [0.25, 0.3) is 0 Å². The van der Waals surface area contributed by atoms with Crippen molar-refractivity contribution in [2.75, 3.05) is 17.2 Å². The summed E-state index contributed by atoms with van der Waals surface area (Å²) in [5, 5.41) is 4.13. The summed E-state index contributed by atoms with van der Waals surface area (Å²) in [6, 6.07) is 1.84. The maximum atomic E-state index is 5.51. The molecule has 0 radical (unpaired) electrons. The Morgan fingerprint density at radius 2 is 2.29 bits per heavy atom. The number of nitrogens with zero attached hydrogens (tertiary/aromatic N) is 2. The molecule has 2 N–H and O–H groups in total. The Hall–Kier alpha value is -0.640. The number of unbranched alkanes of at least 4 members (excludes halogenated alkanes) is 2. The first-order valence-corrected chi connectivity index (χ1v) is 6.35. The van der Waals surface area contributed by atoms with E-state index in [0.29, 0.717) is 5.82 Å². The van der Waals surface area contributed by atoms with Crippen LogP contribution in [0.15, 0.2) is 12.3 Å². The smallest absolute Gasteiger partial charge is 0.145 e. The second-order valence-corrected chi connectivity index (χ2v) is 4.55. The molecule has 4 heteroatoms. The third kappa shape index (κ3) is 4.56. The lowest BCUT2D eigenvalue weighted by Gasteiger charge is -2.01. The monoisotopic (exact) mass is 213 g/mol. The van der Waals surface area contributed by atoms with Crippen molar-refractivity contribution >= 4 is 17.6 Å². The second kappa shape index (κ2) is 6.76. The van der Waals surface area contributed by atoms with Gasteiger partial charge in [0.15, 0.2) is 0 Å². The molecule has 0 bridgehead atoms. The van der Waals surface area contributed by atoms with E-state index in [-0.39, 0.29) is 0 Å². The summed E-state index contributed by atoms with van der Waals surface area (Å²) < 4.78 is 1.90. The van der Waals surface area contributed by atoms with Gasteiger partial charge in [0.2, 0.25) is 0 Å². The number of nitrogens with two attached hydrogens (primary N) is 1. The first kappa shape index (κ1) is 11.4. The Bertz CT molecular complexity index is 247. The molecule has 3 nitrogen and oxygen atoms in total. The lowest BCUT2D eigenvalue weighted by atomic mass is 10.3. The summed E-state index contributed by atoms with van der Waals surface area (Å²) in [6.45, 7) is 3.20. The predicted molar refractivity (Wildman–Crippen MR) is 63.5 cm³/mol. The molecule has 14 heavy (non-hydrogen) atoms. The molecule has 0 saturated carbocycles. The normalized spacial score (nSPS) is 10.6. The van der Waals surface area contributed by atoms with Crippen LogP contribution in [0.5, 0.6) is 0 Å². The molecule has 0 aromatic carbocycles. The van der Waals surface area contributed by atoms with Crippen LogP contribution in [0, 0.1) is 0 Å². The fraction of sp³-hybridized carbons (Fsp3) is 0.700. The first-order chi connectivity index (χ1) is 6.83. The average molecular weight is 213 g/mol. The summed E-state index contributed by atoms with van der Waals surface area (Å²) in [7, 11) is 0. The van der Waals surface area contributed by atoms with E-state index in [4.69, 9.17) is 5.73 Å². The molecule has 0 atom stereocenters. The van der Waals surface area contributed by atoms with Crippen LogP contribution in [0.4, 0.5) is 5.82 Å². The molecular weight excluding hydrogens is 194 g/mol. The summed E-state index contributed by atoms with van der Waals surface area (Å²) >= 11 is 2.00. The lowest BCUT2D eigenvalue weighted by Crippen LogP contribution is -2.02. The molecule has 1 aromatic rings. The zero-order valence-electron chi connectivity index (χ0n) is 8.78. The van der Waals surface area contributed by atoms with Gasteiger partial charge in [0.25, 0.3) is 0 Å². The Kier molecular flexibility index (Phi) is 5.52. The third-order valence-corrected chi connectivity index (χ3v) is 3.07. The molecule has 1 aromatic heterocycles. The zero-order chi connectivity index (χ0) is 10.2. The van der Waals surface area contributed by atoms with Crippen molar-refractivity contribution in [1.29, 1.82) is 0 Å². The van der Waals surface area contributed by atoms with Crippen molar-refractivity contribution in [3.05, 3.63) is 12.3 Å². The SMILES string of the molecule is CCCCCSCCn1ccc(N)n1. The first-order valence-electron chi connectivity index (χ1n) is 5.19. The number of hydrogen-bond acceptors (Lipinski definition) is 3. The molecule has 1 heterocycles. The van der Waals surface area contributed by atoms with Gasteiger partial charge in [0, 0.05) is 11.9 Å². The molecular formula is C10H19N3S. The van der Waals surface area contributed by atoms with E-state index in [1.807, 2.05) is 28.7 Å². The summed E-state index contributed by atoms with van der Waals surface area (Å²) in [5.74, 6) is 3.01. The van der Waals surface area contributed by atoms with E-state index < -0.39 is 0 Å². The van der Waals surface area contributed by atoms with Crippen LogP contribution in [0.1, 0.15) is 26.2 Å². The predicted octanol–water partition coefficient (Wildman–Crippen LogP) is 2.39. The number of rotatable bonds is 7. The van der Waals surface area contributed by atoms with Crippen molar-refractivity contribution in [1.82, 2.24) is 9.78 Å². The molecule has 0 aliphatic rings. The van der Waals surface area contributed by atoms with Crippen molar-refractivity contribution in [2.45, 2.75) is 32.7 Å². The van der Waals surface area contributed by atoms with Gasteiger partial charge in [-0.15, -0.1) is 0 Å². The fourth-order valence-electron chi connectivity index (χ4n) is 1.22. The van der Waals surface area contributed by atoms with E-state index in [9.17, 15) is 0 Å². The van der Waals surface area contributed by atoms with E-state index in [0.717, 1.165) is 12.3 Å². The van der Waals surface area contributed by atoms with E-state index in [1.54, 1.807) is 0 Å². The van der Waals surface area contributed by atoms with Crippen LogP contribution in [-0.2, 0) is 6.54 Å². The molecule has 0 unspecified atom stereocenters. The van der Waals surface area contributed by atoms with E-state index in [1.165, 1.54) is 25.0 Å². The van der Waals surface area contributed by atoms with E-state index >= 15 is 0 Å². The van der Waals surface area contributed by atoms with Crippen molar-refractivity contribution in [3.8, 4) is 0 Å². The Balaban J connectivity index is 1.99. The van der Waals surface area contributed by atoms with Gasteiger partial charge in [0.05, 0.1) is 6.54 Å². The molecule has 1 rings (SSSR count). The van der Waals surface area contributed by atoms with Gasteiger partial charge >= 0.3 is 0 Å². The number of thioether (sulfide) groups is 1. The Morgan fingerprint density at radius 1 is 1.43 bits per heavy atom. The number of aryl methyl sites for hydroxylation is 1. The number of aromatic nitrogens is 2. The number of hydrogen-bond donors (Lipinski definition) is 1. The fourth-order valence-corrected chi connectivity index (χ4v) is 2.14. The van der Waals surface area contributed by atoms with Gasteiger partial charge in [-0.05, 0) is 18.2 Å². The summed E-state index contributed by atoms with van der Waals surface area (Å²) in [6.07, 6.45) is 5.92. The minimum absolute atomic E-state index is 0.612. The second-order valence-electron chi connectivity index (χ2n) is 3.32. The quantitative estimate of drug-likeness (QED) is 0.707. The van der Waals surface area contributed by atoms with Gasteiger partial charge in [0.1, 0.15) is 5.82 Å². The maximum Gasteiger partial charge on any atom is 0.145 e. The number of nitrogen functional groups attached to an aromatic ring is 1. The maximum absolute atomic E-state index is 5.51. The molecule has 0 aliphatic carbocycles. The minimum atomic E-state index is 0.612. The molecule has 80 valence electrons. The van der Waals surface area contributed by atoms with Crippen LogP contribution in [0.2, 0.25) is 0 Å². The Morgan fingerprint density at radius 3 is 2.93 bits per heavy atom. The highest BCUT2D eigenvalue weighted by Gasteiger charge is 1.94. The lowest BCUT2D eigenvalue weighted by molar-refractivity contribution is 0.669. The highest BCUT2D eigenvalue weighted by atomic mass is 32.2. The highest BCUT2D eigenvalue weighted by molar-refractivity contribution is 7.99. The number of anilines is 1. The zero-order valence-corrected chi connectivity index (χ0v) is 9.59. The van der Waals surface area contributed by atoms with Crippen LogP contribution in [0.3, 0.4) is 0 Å². The average Bonchev–Trinajstić information content (AvgIpc) is 2.58. The van der Waals surface area contributed by atoms with Crippen molar-refractivity contribution in [2.24, 2.45) is 0 Å². The molecule has 0 spiro atoms. The van der Waals surface area contributed by atoms with Crippen LogP contribution < -0.4 is 5.73 Å². The minimum Gasteiger partial charge on any atom is -0.382 e. The molecule has 0 saturated heterocycles. The summed E-state index contributed by atoms with van der Waals surface area (Å²) in [5.41, 5.74) is 5.51. The Labute approximate surface area is 90.1 Å². The van der Waals surface area contributed by atoms with Gasteiger partial charge in [-0.2, -0.15) is 16.9 Å². The van der Waals surface area contributed by atoms with Gasteiger partial charge < -0.3 is 5.73 Å². The van der Waals surface area contributed by atoms with Gasteiger partial charge in [-0.3, -0.25) is 4.68 Å². The third-order valence-electron chi connectivity index (χ3n) is 2.02. The van der Waals surface area contributed by atoms with Gasteiger partial charge in [-0.1, -0.05) is 19.8 Å². The molecule has 0 amide bonds. The van der Waals surface area contributed by atoms with Gasteiger partial charge in [-0.25, -0.2) is 0 Å². The van der Waals surface area contributed by atoms with Crippen molar-refractivity contribution < 1.29 is 0 Å². The standard InChI is InChI=1S/C10H19N3S/c1-2-3-4-8-14-9-7-13-6-5-10(11)12-13/h5-6H,2-4,7-9H2,1H3,(H2,11,12). The summed E-state index contributed by atoms with van der Waals surface area (Å²) in [4.78, 5) is 0. The van der Waals surface area contributed by atoms with Crippen LogP contribution >= 0.6 is 11.8 Å². The van der Waals surface area contributed by atoms with Crippen molar-refractivity contribution in [3.63, 3.8) is 0 Å². The van der Waals surface area contributed by atoms with E-state index in [2.05, 4.69) is 12.0 Å². The molecule has 0 aliphatic heterocycles. The van der Waals surface area contributed by atoms with Crippen LogP contribution in [-0.4, -0.2) is 21.3 Å². The topological polar surface area (TPSA) is 43.8 Å². The molecule has 0 fully saturated rings. The largest absolute Gasteiger partial charge is 0.382 e.